The largest absolute Gasteiger partial charge is 0.497 e. The van der Waals surface area contributed by atoms with Crippen LogP contribution in [0.3, 0.4) is 0 Å². The Bertz CT molecular complexity index is 1570. The van der Waals surface area contributed by atoms with E-state index in [9.17, 15) is 9.59 Å². The molecule has 0 saturated carbocycles. The minimum absolute atomic E-state index is 0.101. The maximum absolute atomic E-state index is 13.9. The summed E-state index contributed by atoms with van der Waals surface area (Å²) < 4.78 is 22.4. The van der Waals surface area contributed by atoms with Crippen molar-refractivity contribution < 1.29 is 23.4 Å². The van der Waals surface area contributed by atoms with E-state index >= 15 is 0 Å². The first-order chi connectivity index (χ1) is 17.9. The third kappa shape index (κ3) is 4.20. The van der Waals surface area contributed by atoms with Gasteiger partial charge in [0.25, 0.3) is 5.91 Å². The highest BCUT2D eigenvalue weighted by Crippen LogP contribution is 2.40. The molecule has 1 aliphatic heterocycles. The molecular weight excluding hydrogens is 470 g/mol. The molecule has 0 bridgehead atoms. The molecule has 0 spiro atoms. The molecular formula is C30H29NO6. The number of fused-ring (bicyclic) bond motifs is 2. The Labute approximate surface area is 215 Å². The van der Waals surface area contributed by atoms with Gasteiger partial charge in [-0.3, -0.25) is 9.59 Å². The van der Waals surface area contributed by atoms with E-state index in [1.807, 2.05) is 68.4 Å². The normalized spacial score (nSPS) is 14.7. The molecule has 1 aliphatic rings. The number of methoxy groups -OCH3 is 3. The molecule has 1 unspecified atom stereocenters. The van der Waals surface area contributed by atoms with Crippen LogP contribution in [-0.2, 0) is 6.42 Å². The van der Waals surface area contributed by atoms with Gasteiger partial charge in [-0.25, -0.2) is 0 Å². The lowest BCUT2D eigenvalue weighted by atomic mass is 9.97. The van der Waals surface area contributed by atoms with Crippen LogP contribution in [0.25, 0.3) is 11.0 Å². The van der Waals surface area contributed by atoms with E-state index in [4.69, 9.17) is 18.6 Å². The van der Waals surface area contributed by atoms with Gasteiger partial charge in [0.1, 0.15) is 11.3 Å². The fourth-order valence-corrected chi connectivity index (χ4v) is 5.15. The minimum Gasteiger partial charge on any atom is -0.497 e. The van der Waals surface area contributed by atoms with E-state index in [0.29, 0.717) is 46.7 Å². The van der Waals surface area contributed by atoms with Crippen LogP contribution in [0, 0.1) is 13.8 Å². The summed E-state index contributed by atoms with van der Waals surface area (Å²) in [5.41, 5.74) is 4.18. The monoisotopic (exact) mass is 499 g/mol. The average molecular weight is 500 g/mol. The molecule has 4 aromatic rings. The number of carbonyl (C=O) groups excluding carboxylic acids is 1. The van der Waals surface area contributed by atoms with Crippen molar-refractivity contribution in [2.75, 3.05) is 27.9 Å². The Balaban J connectivity index is 1.62. The first-order valence-corrected chi connectivity index (χ1v) is 12.1. The first-order valence-electron chi connectivity index (χ1n) is 12.1. The van der Waals surface area contributed by atoms with Crippen molar-refractivity contribution in [1.82, 2.24) is 4.90 Å². The number of hydrogen-bond donors (Lipinski definition) is 0. The van der Waals surface area contributed by atoms with Crippen molar-refractivity contribution in [3.8, 4) is 17.2 Å². The Morgan fingerprint density at radius 2 is 1.68 bits per heavy atom. The summed E-state index contributed by atoms with van der Waals surface area (Å²) in [5, 5.41) is 0.485. The van der Waals surface area contributed by atoms with E-state index in [0.717, 1.165) is 22.3 Å². The Kier molecular flexibility index (Phi) is 6.38. The van der Waals surface area contributed by atoms with E-state index in [1.165, 1.54) is 0 Å². The molecule has 37 heavy (non-hydrogen) atoms. The molecule has 190 valence electrons. The van der Waals surface area contributed by atoms with Crippen LogP contribution in [0.1, 0.15) is 44.4 Å². The molecule has 2 heterocycles. The molecule has 0 radical (unpaired) electrons. The van der Waals surface area contributed by atoms with Crippen LogP contribution in [-0.4, -0.2) is 38.7 Å². The zero-order chi connectivity index (χ0) is 26.3. The molecule has 1 atom stereocenters. The van der Waals surface area contributed by atoms with Crippen LogP contribution in [0.2, 0.25) is 0 Å². The summed E-state index contributed by atoms with van der Waals surface area (Å²) in [6, 6.07) is 16.3. The quantitative estimate of drug-likeness (QED) is 0.347. The van der Waals surface area contributed by atoms with Crippen LogP contribution in [0.4, 0.5) is 0 Å². The van der Waals surface area contributed by atoms with Crippen molar-refractivity contribution >= 4 is 16.9 Å². The van der Waals surface area contributed by atoms with Crippen molar-refractivity contribution in [2.45, 2.75) is 26.3 Å². The lowest BCUT2D eigenvalue weighted by Gasteiger charge is -2.25. The lowest BCUT2D eigenvalue weighted by molar-refractivity contribution is 0.0730. The van der Waals surface area contributed by atoms with Crippen molar-refractivity contribution in [3.05, 3.63) is 98.4 Å². The van der Waals surface area contributed by atoms with Gasteiger partial charge in [0.15, 0.2) is 16.9 Å². The number of aryl methyl sites for hydroxylation is 2. The van der Waals surface area contributed by atoms with Gasteiger partial charge in [0.05, 0.1) is 38.3 Å². The molecule has 0 aliphatic carbocycles. The average Bonchev–Trinajstić information content (AvgIpc) is 3.19. The number of hydrogen-bond acceptors (Lipinski definition) is 6. The number of nitrogens with zero attached hydrogens (tertiary/aromatic N) is 1. The maximum Gasteiger partial charge on any atom is 0.290 e. The third-order valence-corrected chi connectivity index (χ3v) is 6.90. The topological polar surface area (TPSA) is 78.2 Å². The summed E-state index contributed by atoms with van der Waals surface area (Å²) in [7, 11) is 4.77. The van der Waals surface area contributed by atoms with Gasteiger partial charge in [0.2, 0.25) is 5.76 Å². The second kappa shape index (κ2) is 9.65. The first kappa shape index (κ1) is 24.4. The molecule has 5 rings (SSSR count). The van der Waals surface area contributed by atoms with Gasteiger partial charge in [-0.15, -0.1) is 0 Å². The summed E-state index contributed by atoms with van der Waals surface area (Å²) in [5.74, 6) is 1.70. The number of amides is 1. The molecule has 7 heteroatoms. The van der Waals surface area contributed by atoms with E-state index in [2.05, 4.69) is 0 Å². The van der Waals surface area contributed by atoms with Gasteiger partial charge >= 0.3 is 0 Å². The number of rotatable bonds is 7. The summed E-state index contributed by atoms with van der Waals surface area (Å²) in [4.78, 5) is 29.4. The predicted molar refractivity (Wildman–Crippen MR) is 141 cm³/mol. The molecule has 1 aromatic heterocycles. The number of ether oxygens (including phenoxy) is 3. The van der Waals surface area contributed by atoms with Crippen molar-refractivity contribution in [2.24, 2.45) is 0 Å². The molecule has 0 fully saturated rings. The highest BCUT2D eigenvalue weighted by atomic mass is 16.5. The standard InChI is InChI=1S/C30H29NO6/c1-17-13-18(2)28-22(14-17)27(32)25-26(20-7-6-8-21(16-20)34-3)31(30(33)29(25)37-28)12-11-19-9-10-23(35-4)24(15-19)36-5/h6-10,13-16,26H,11-12H2,1-5H3. The van der Waals surface area contributed by atoms with Crippen LogP contribution < -0.4 is 19.6 Å². The molecule has 0 N–H and O–H groups in total. The summed E-state index contributed by atoms with van der Waals surface area (Å²) in [6.07, 6.45) is 0.548. The Morgan fingerprint density at radius 3 is 2.41 bits per heavy atom. The van der Waals surface area contributed by atoms with Gasteiger partial charge < -0.3 is 23.5 Å². The molecule has 1 amide bonds. The third-order valence-electron chi connectivity index (χ3n) is 6.90. The Morgan fingerprint density at radius 1 is 0.892 bits per heavy atom. The fourth-order valence-electron chi connectivity index (χ4n) is 5.15. The zero-order valence-electron chi connectivity index (χ0n) is 21.6. The summed E-state index contributed by atoms with van der Waals surface area (Å²) in [6.45, 7) is 4.20. The minimum atomic E-state index is -0.598. The molecule has 7 nitrogen and oxygen atoms in total. The number of carbonyl (C=O) groups is 1. The van der Waals surface area contributed by atoms with E-state index in [1.54, 1.807) is 26.2 Å². The molecule has 3 aromatic carbocycles. The van der Waals surface area contributed by atoms with Crippen molar-refractivity contribution in [3.63, 3.8) is 0 Å². The second-order valence-electron chi connectivity index (χ2n) is 9.25. The summed E-state index contributed by atoms with van der Waals surface area (Å²) >= 11 is 0. The Hall–Kier alpha value is -4.26. The highest BCUT2D eigenvalue weighted by Gasteiger charge is 2.42. The lowest BCUT2D eigenvalue weighted by Crippen LogP contribution is -2.31. The smallest absolute Gasteiger partial charge is 0.290 e. The van der Waals surface area contributed by atoms with Gasteiger partial charge in [-0.05, 0) is 72.9 Å². The van der Waals surface area contributed by atoms with Gasteiger partial charge in [-0.1, -0.05) is 24.3 Å². The van der Waals surface area contributed by atoms with Gasteiger partial charge in [-0.2, -0.15) is 0 Å². The van der Waals surface area contributed by atoms with Gasteiger partial charge in [0, 0.05) is 6.54 Å². The fraction of sp³-hybridized carbons (Fsp3) is 0.267. The highest BCUT2D eigenvalue weighted by molar-refractivity contribution is 5.99. The number of benzene rings is 3. The van der Waals surface area contributed by atoms with Crippen molar-refractivity contribution in [1.29, 1.82) is 0 Å². The second-order valence-corrected chi connectivity index (χ2v) is 9.25. The molecule has 0 saturated heterocycles. The van der Waals surface area contributed by atoms with Crippen LogP contribution in [0.5, 0.6) is 17.2 Å². The predicted octanol–water partition coefficient (Wildman–Crippen LogP) is 5.22. The van der Waals surface area contributed by atoms with E-state index in [-0.39, 0.29) is 17.1 Å². The van der Waals surface area contributed by atoms with Crippen LogP contribution in [0.15, 0.2) is 63.8 Å². The maximum atomic E-state index is 13.9. The zero-order valence-corrected chi connectivity index (χ0v) is 21.6. The van der Waals surface area contributed by atoms with E-state index < -0.39 is 6.04 Å². The van der Waals surface area contributed by atoms with Crippen LogP contribution >= 0.6 is 0 Å². The SMILES string of the molecule is COc1cccc(C2c3c(oc4c(C)cc(C)cc4c3=O)C(=O)N2CCc2ccc(OC)c(OC)c2)c1.